The van der Waals surface area contributed by atoms with E-state index in [-0.39, 0.29) is 11.7 Å². The number of carbonyl (C=O) groups is 1. The molecule has 1 saturated heterocycles. The molecule has 1 rings (SSSR count). The second kappa shape index (κ2) is 5.23. The molecule has 1 aliphatic heterocycles. The van der Waals surface area contributed by atoms with Crippen molar-refractivity contribution in [3.8, 4) is 0 Å². The molecule has 0 unspecified atom stereocenters. The molecule has 0 aromatic heterocycles. The highest BCUT2D eigenvalue weighted by Gasteiger charge is 2.47. The largest absolute Gasteiger partial charge is 0.444 e. The van der Waals surface area contributed by atoms with Gasteiger partial charge >= 0.3 is 6.09 Å². The molecule has 0 aromatic carbocycles. The van der Waals surface area contributed by atoms with E-state index in [0.717, 1.165) is 0 Å². The lowest BCUT2D eigenvalue weighted by Gasteiger charge is -2.48. The van der Waals surface area contributed by atoms with Crippen LogP contribution in [0.15, 0.2) is 0 Å². The van der Waals surface area contributed by atoms with Gasteiger partial charge in [0.15, 0.2) is 0 Å². The standard InChI is InChI=1S/C12H23NO4/c1-6-16-12(9-15-5)7-13(8-12)10(14)17-11(2,3)4/h6-9H2,1-5H3. The van der Waals surface area contributed by atoms with E-state index in [2.05, 4.69) is 0 Å². The van der Waals surface area contributed by atoms with Crippen molar-refractivity contribution in [3.05, 3.63) is 0 Å². The van der Waals surface area contributed by atoms with Gasteiger partial charge in [-0.05, 0) is 27.7 Å². The zero-order chi connectivity index (χ0) is 13.1. The molecule has 100 valence electrons. The second-order valence-corrected chi connectivity index (χ2v) is 5.39. The number of carbonyl (C=O) groups excluding carboxylic acids is 1. The van der Waals surface area contributed by atoms with Gasteiger partial charge in [0.2, 0.25) is 0 Å². The summed E-state index contributed by atoms with van der Waals surface area (Å²) < 4.78 is 16.1. The molecule has 0 atom stereocenters. The van der Waals surface area contributed by atoms with Gasteiger partial charge in [0.1, 0.15) is 11.2 Å². The zero-order valence-electron chi connectivity index (χ0n) is 11.4. The monoisotopic (exact) mass is 245 g/mol. The highest BCUT2D eigenvalue weighted by molar-refractivity contribution is 5.69. The predicted molar refractivity (Wildman–Crippen MR) is 64.0 cm³/mol. The summed E-state index contributed by atoms with van der Waals surface area (Å²) in [5, 5.41) is 0. The lowest BCUT2D eigenvalue weighted by Crippen LogP contribution is -2.67. The molecule has 0 saturated carbocycles. The Hall–Kier alpha value is -0.810. The molecule has 0 bridgehead atoms. The summed E-state index contributed by atoms with van der Waals surface area (Å²) in [7, 11) is 1.64. The minimum atomic E-state index is -0.456. The Kier molecular flexibility index (Phi) is 4.38. The number of rotatable bonds is 4. The fourth-order valence-corrected chi connectivity index (χ4v) is 1.90. The van der Waals surface area contributed by atoms with Crippen molar-refractivity contribution in [1.29, 1.82) is 0 Å². The highest BCUT2D eigenvalue weighted by Crippen LogP contribution is 2.27. The number of hydrogen-bond acceptors (Lipinski definition) is 4. The van der Waals surface area contributed by atoms with Crippen molar-refractivity contribution in [1.82, 2.24) is 4.90 Å². The van der Waals surface area contributed by atoms with Crippen LogP contribution in [0.25, 0.3) is 0 Å². The summed E-state index contributed by atoms with van der Waals surface area (Å²) in [6.07, 6.45) is -0.288. The van der Waals surface area contributed by atoms with E-state index >= 15 is 0 Å². The Morgan fingerprint density at radius 3 is 2.35 bits per heavy atom. The zero-order valence-corrected chi connectivity index (χ0v) is 11.4. The molecule has 17 heavy (non-hydrogen) atoms. The van der Waals surface area contributed by atoms with Gasteiger partial charge in [0.25, 0.3) is 0 Å². The number of amides is 1. The molecule has 1 amide bonds. The fraction of sp³-hybridized carbons (Fsp3) is 0.917. The normalized spacial score (nSPS) is 18.8. The molecular formula is C12H23NO4. The first-order valence-corrected chi connectivity index (χ1v) is 5.93. The van der Waals surface area contributed by atoms with E-state index in [9.17, 15) is 4.79 Å². The number of likely N-dealkylation sites (tertiary alicyclic amines) is 1. The molecule has 0 spiro atoms. The topological polar surface area (TPSA) is 48.0 Å². The maximum absolute atomic E-state index is 11.7. The van der Waals surface area contributed by atoms with E-state index < -0.39 is 5.60 Å². The van der Waals surface area contributed by atoms with E-state index in [1.165, 1.54) is 0 Å². The molecule has 5 heteroatoms. The first kappa shape index (κ1) is 14.3. The maximum Gasteiger partial charge on any atom is 0.410 e. The van der Waals surface area contributed by atoms with E-state index in [0.29, 0.717) is 26.3 Å². The quantitative estimate of drug-likeness (QED) is 0.755. The minimum Gasteiger partial charge on any atom is -0.444 e. The lowest BCUT2D eigenvalue weighted by atomic mass is 9.95. The Bertz CT molecular complexity index is 258. The third-order valence-corrected chi connectivity index (χ3v) is 2.47. The molecule has 1 aliphatic rings. The number of nitrogens with zero attached hydrogens (tertiary/aromatic N) is 1. The van der Waals surface area contributed by atoms with Gasteiger partial charge in [-0.2, -0.15) is 0 Å². The smallest absolute Gasteiger partial charge is 0.410 e. The lowest BCUT2D eigenvalue weighted by molar-refractivity contribution is -0.163. The Labute approximate surface area is 103 Å². The number of methoxy groups -OCH3 is 1. The molecular weight excluding hydrogens is 222 g/mol. The average Bonchev–Trinajstić information content (AvgIpc) is 2.10. The van der Waals surface area contributed by atoms with Crippen LogP contribution < -0.4 is 0 Å². The van der Waals surface area contributed by atoms with Crippen molar-refractivity contribution in [2.75, 3.05) is 33.4 Å². The van der Waals surface area contributed by atoms with E-state index in [1.54, 1.807) is 12.0 Å². The molecule has 5 nitrogen and oxygen atoms in total. The van der Waals surface area contributed by atoms with Gasteiger partial charge < -0.3 is 19.1 Å². The Balaban J connectivity index is 2.45. The third kappa shape index (κ3) is 3.85. The first-order valence-electron chi connectivity index (χ1n) is 5.93. The fourth-order valence-electron chi connectivity index (χ4n) is 1.90. The second-order valence-electron chi connectivity index (χ2n) is 5.39. The molecule has 0 N–H and O–H groups in total. The summed E-state index contributed by atoms with van der Waals surface area (Å²) in [6.45, 7) is 9.69. The van der Waals surface area contributed by atoms with Crippen LogP contribution in [0.5, 0.6) is 0 Å². The van der Waals surface area contributed by atoms with Crippen LogP contribution in [0.3, 0.4) is 0 Å². The van der Waals surface area contributed by atoms with Crippen LogP contribution in [0.2, 0.25) is 0 Å². The van der Waals surface area contributed by atoms with Crippen molar-refractivity contribution < 1.29 is 19.0 Å². The van der Waals surface area contributed by atoms with Crippen molar-refractivity contribution >= 4 is 6.09 Å². The van der Waals surface area contributed by atoms with Gasteiger partial charge in [-0.25, -0.2) is 4.79 Å². The van der Waals surface area contributed by atoms with Crippen LogP contribution in [0, 0.1) is 0 Å². The van der Waals surface area contributed by atoms with Crippen LogP contribution in [-0.2, 0) is 14.2 Å². The third-order valence-electron chi connectivity index (χ3n) is 2.47. The van der Waals surface area contributed by atoms with Crippen LogP contribution in [-0.4, -0.2) is 55.6 Å². The van der Waals surface area contributed by atoms with Gasteiger partial charge in [-0.1, -0.05) is 0 Å². The van der Waals surface area contributed by atoms with Gasteiger partial charge in [0.05, 0.1) is 19.7 Å². The summed E-state index contributed by atoms with van der Waals surface area (Å²) in [4.78, 5) is 13.4. The summed E-state index contributed by atoms with van der Waals surface area (Å²) >= 11 is 0. The Morgan fingerprint density at radius 1 is 1.35 bits per heavy atom. The maximum atomic E-state index is 11.7. The Morgan fingerprint density at radius 2 is 1.94 bits per heavy atom. The number of ether oxygens (including phenoxy) is 3. The van der Waals surface area contributed by atoms with Crippen molar-refractivity contribution in [2.24, 2.45) is 0 Å². The number of hydrogen-bond donors (Lipinski definition) is 0. The predicted octanol–water partition coefficient (Wildman–Crippen LogP) is 1.66. The van der Waals surface area contributed by atoms with E-state index in [1.807, 2.05) is 27.7 Å². The highest BCUT2D eigenvalue weighted by atomic mass is 16.6. The van der Waals surface area contributed by atoms with Crippen LogP contribution in [0.4, 0.5) is 4.79 Å². The first-order chi connectivity index (χ1) is 7.82. The van der Waals surface area contributed by atoms with Crippen LogP contribution in [0.1, 0.15) is 27.7 Å². The van der Waals surface area contributed by atoms with Gasteiger partial charge in [0, 0.05) is 13.7 Å². The summed E-state index contributed by atoms with van der Waals surface area (Å²) in [5.74, 6) is 0. The molecule has 1 heterocycles. The minimum absolute atomic E-state index is 0.288. The summed E-state index contributed by atoms with van der Waals surface area (Å²) in [5.41, 5.74) is -0.803. The molecule has 0 aromatic rings. The molecule has 0 aliphatic carbocycles. The van der Waals surface area contributed by atoms with Gasteiger partial charge in [-0.3, -0.25) is 0 Å². The van der Waals surface area contributed by atoms with Crippen LogP contribution >= 0.6 is 0 Å². The summed E-state index contributed by atoms with van der Waals surface area (Å²) in [6, 6.07) is 0. The molecule has 0 radical (unpaired) electrons. The van der Waals surface area contributed by atoms with Crippen molar-refractivity contribution in [2.45, 2.75) is 38.9 Å². The SMILES string of the molecule is CCOC1(COC)CN(C(=O)OC(C)(C)C)C1. The van der Waals surface area contributed by atoms with E-state index in [4.69, 9.17) is 14.2 Å². The molecule has 1 fully saturated rings. The van der Waals surface area contributed by atoms with Crippen molar-refractivity contribution in [3.63, 3.8) is 0 Å². The average molecular weight is 245 g/mol. The van der Waals surface area contributed by atoms with Gasteiger partial charge in [-0.15, -0.1) is 0 Å².